The van der Waals surface area contributed by atoms with Gasteiger partial charge in [-0.25, -0.2) is 23.4 Å². The van der Waals surface area contributed by atoms with Crippen molar-refractivity contribution in [2.75, 3.05) is 37.6 Å². The van der Waals surface area contributed by atoms with Gasteiger partial charge in [0.15, 0.2) is 5.82 Å². The van der Waals surface area contributed by atoms with Crippen molar-refractivity contribution in [1.29, 1.82) is 0 Å². The molecule has 0 aromatic carbocycles. The number of halogens is 2. The highest BCUT2D eigenvalue weighted by atomic mass is 19.3. The fourth-order valence-corrected chi connectivity index (χ4v) is 5.30. The molecule has 2 atom stereocenters. The fraction of sp³-hybridized carbons (Fsp3) is 0.667. The van der Waals surface area contributed by atoms with E-state index in [1.54, 1.807) is 45.0 Å². The molecule has 2 N–H and O–H groups in total. The number of fused-ring (bicyclic) bond motifs is 1. The third kappa shape index (κ3) is 3.62. The molecule has 0 bridgehead atoms. The number of amides is 1. The Bertz CT molecular complexity index is 1070. The van der Waals surface area contributed by atoms with E-state index in [-0.39, 0.29) is 18.7 Å². The quantitative estimate of drug-likeness (QED) is 0.725. The Balaban J connectivity index is 1.55. The lowest BCUT2D eigenvalue weighted by Gasteiger charge is -2.53. The molecular formula is C21H30F2N6O3. The minimum Gasteiger partial charge on any atom is -0.465 e. The van der Waals surface area contributed by atoms with Gasteiger partial charge in [0.1, 0.15) is 11.6 Å². The number of aromatic nitrogens is 3. The van der Waals surface area contributed by atoms with E-state index in [2.05, 4.69) is 9.97 Å². The van der Waals surface area contributed by atoms with Crippen LogP contribution in [-0.2, 0) is 7.05 Å². The second-order valence-corrected chi connectivity index (χ2v) is 9.77. The van der Waals surface area contributed by atoms with E-state index in [1.807, 2.05) is 4.90 Å². The highest BCUT2D eigenvalue weighted by Crippen LogP contribution is 2.44. The molecule has 0 spiro atoms. The van der Waals surface area contributed by atoms with Crippen LogP contribution < -0.4 is 10.6 Å². The average molecular weight is 453 g/mol. The number of piperidine rings is 1. The van der Waals surface area contributed by atoms with Crippen LogP contribution in [0, 0.1) is 5.41 Å². The number of alkyl halides is 2. The monoisotopic (exact) mass is 452 g/mol. The molecular weight excluding hydrogens is 422 g/mol. The predicted octanol–water partition coefficient (Wildman–Crippen LogP) is 2.19. The molecule has 2 aliphatic heterocycles. The number of nitrogens with zero attached hydrogens (tertiary/aromatic N) is 5. The summed E-state index contributed by atoms with van der Waals surface area (Å²) in [6.07, 6.45) is 0.416. The van der Waals surface area contributed by atoms with Crippen LogP contribution in [0.3, 0.4) is 0 Å². The van der Waals surface area contributed by atoms with Crippen molar-refractivity contribution in [1.82, 2.24) is 24.3 Å². The Morgan fingerprint density at radius 3 is 2.47 bits per heavy atom. The minimum atomic E-state index is -3.18. The van der Waals surface area contributed by atoms with Gasteiger partial charge in [0.05, 0.1) is 11.6 Å². The number of carbonyl (C=O) groups is 1. The molecule has 32 heavy (non-hydrogen) atoms. The number of aromatic amines is 1. The largest absolute Gasteiger partial charge is 0.465 e. The van der Waals surface area contributed by atoms with Gasteiger partial charge in [0, 0.05) is 46.0 Å². The number of H-pyrrole nitrogens is 1. The van der Waals surface area contributed by atoms with Crippen LogP contribution in [-0.4, -0.2) is 86.3 Å². The van der Waals surface area contributed by atoms with Gasteiger partial charge in [0.2, 0.25) is 0 Å². The zero-order valence-electron chi connectivity index (χ0n) is 18.8. The van der Waals surface area contributed by atoms with E-state index < -0.39 is 29.5 Å². The van der Waals surface area contributed by atoms with Gasteiger partial charge in [-0.2, -0.15) is 0 Å². The van der Waals surface area contributed by atoms with Gasteiger partial charge in [0.25, 0.3) is 5.92 Å². The molecule has 2 aromatic rings. The molecule has 1 amide bonds. The first-order valence-corrected chi connectivity index (χ1v) is 10.8. The lowest BCUT2D eigenvalue weighted by Crippen LogP contribution is -2.69. The zero-order chi connectivity index (χ0) is 23.4. The summed E-state index contributed by atoms with van der Waals surface area (Å²) < 4.78 is 32.9. The van der Waals surface area contributed by atoms with Gasteiger partial charge >= 0.3 is 11.8 Å². The molecule has 2 aromatic heterocycles. The first kappa shape index (κ1) is 22.5. The number of piperazine rings is 1. The van der Waals surface area contributed by atoms with Crippen LogP contribution in [0.1, 0.15) is 27.2 Å². The van der Waals surface area contributed by atoms with Gasteiger partial charge in [-0.1, -0.05) is 20.8 Å². The topological polar surface area (TPSA) is 97.7 Å². The molecule has 0 aliphatic carbocycles. The summed E-state index contributed by atoms with van der Waals surface area (Å²) in [5, 5.41) is 9.51. The number of anilines is 1. The molecule has 176 valence electrons. The molecule has 0 saturated carbocycles. The maximum absolute atomic E-state index is 15.7. The van der Waals surface area contributed by atoms with E-state index in [4.69, 9.17) is 0 Å². The van der Waals surface area contributed by atoms with Crippen molar-refractivity contribution >= 4 is 22.9 Å². The smallest absolute Gasteiger partial charge is 0.407 e. The molecule has 2 saturated heterocycles. The molecule has 2 unspecified atom stereocenters. The molecule has 0 radical (unpaired) electrons. The van der Waals surface area contributed by atoms with Crippen LogP contribution >= 0.6 is 0 Å². The van der Waals surface area contributed by atoms with Crippen LogP contribution in [0.25, 0.3) is 11.0 Å². The standard InChI is InChI=1S/C21H30F2N6O3/c1-20(2,3)17-21(22,23)14(6-8-29(17)19(31)32)27-9-11-28(12-10-27)16-15-13(5-7-24-16)25-18(30)26(15)4/h5,7,14,17H,6,8-12H2,1-4H3,(H,25,30)(H,31,32). The number of pyridine rings is 1. The van der Waals surface area contributed by atoms with Gasteiger partial charge in [-0.05, 0) is 17.9 Å². The SMILES string of the molecule is Cn1c(=O)[nH]c2ccnc(N3CCN(C4CCN(C(=O)O)C(C(C)(C)C)C4(F)F)CC3)c21. The lowest BCUT2D eigenvalue weighted by molar-refractivity contribution is -0.183. The first-order valence-electron chi connectivity index (χ1n) is 10.8. The van der Waals surface area contributed by atoms with Crippen molar-refractivity contribution in [3.63, 3.8) is 0 Å². The van der Waals surface area contributed by atoms with Crippen LogP contribution in [0.4, 0.5) is 19.4 Å². The van der Waals surface area contributed by atoms with Crippen molar-refractivity contribution in [2.24, 2.45) is 12.5 Å². The minimum absolute atomic E-state index is 0.0874. The van der Waals surface area contributed by atoms with Gasteiger partial charge in [-0.15, -0.1) is 0 Å². The van der Waals surface area contributed by atoms with E-state index in [0.29, 0.717) is 43.0 Å². The Kier molecular flexibility index (Phi) is 5.43. The zero-order valence-corrected chi connectivity index (χ0v) is 18.8. The summed E-state index contributed by atoms with van der Waals surface area (Å²) in [6.45, 7) is 6.85. The summed E-state index contributed by atoms with van der Waals surface area (Å²) in [5.41, 5.74) is 0.247. The Labute approximate surface area is 184 Å². The summed E-state index contributed by atoms with van der Waals surface area (Å²) in [5.74, 6) is -2.53. The van der Waals surface area contributed by atoms with E-state index >= 15 is 8.78 Å². The number of hydrogen-bond acceptors (Lipinski definition) is 5. The Morgan fingerprint density at radius 1 is 1.22 bits per heavy atom. The average Bonchev–Trinajstić information content (AvgIpc) is 3.00. The van der Waals surface area contributed by atoms with Crippen molar-refractivity contribution in [3.8, 4) is 0 Å². The second-order valence-electron chi connectivity index (χ2n) is 9.77. The maximum Gasteiger partial charge on any atom is 0.407 e. The third-order valence-corrected chi connectivity index (χ3v) is 6.67. The number of carboxylic acid groups (broad SMARTS) is 1. The summed E-state index contributed by atoms with van der Waals surface area (Å²) in [6, 6.07) is -0.682. The number of hydrogen-bond donors (Lipinski definition) is 2. The van der Waals surface area contributed by atoms with Crippen LogP contribution in [0.2, 0.25) is 0 Å². The highest BCUT2D eigenvalue weighted by molar-refractivity contribution is 5.86. The van der Waals surface area contributed by atoms with E-state index in [9.17, 15) is 14.7 Å². The third-order valence-electron chi connectivity index (χ3n) is 6.67. The number of likely N-dealkylation sites (tertiary alicyclic amines) is 1. The predicted molar refractivity (Wildman–Crippen MR) is 116 cm³/mol. The summed E-state index contributed by atoms with van der Waals surface area (Å²) in [7, 11) is 1.67. The maximum atomic E-state index is 15.7. The van der Waals surface area contributed by atoms with Gasteiger partial charge < -0.3 is 15.0 Å². The van der Waals surface area contributed by atoms with Crippen LogP contribution in [0.5, 0.6) is 0 Å². The fourth-order valence-electron chi connectivity index (χ4n) is 5.30. The molecule has 4 heterocycles. The Morgan fingerprint density at radius 2 is 1.88 bits per heavy atom. The van der Waals surface area contributed by atoms with Crippen molar-refractivity contribution < 1.29 is 18.7 Å². The van der Waals surface area contributed by atoms with E-state index in [1.165, 1.54) is 4.57 Å². The number of imidazole rings is 1. The number of rotatable bonds is 2. The highest BCUT2D eigenvalue weighted by Gasteiger charge is 2.60. The number of nitrogens with one attached hydrogen (secondary N) is 1. The molecule has 2 fully saturated rings. The van der Waals surface area contributed by atoms with Crippen molar-refractivity contribution in [2.45, 2.75) is 45.2 Å². The second kappa shape index (κ2) is 7.72. The lowest BCUT2D eigenvalue weighted by atomic mass is 9.76. The van der Waals surface area contributed by atoms with Crippen molar-refractivity contribution in [3.05, 3.63) is 22.7 Å². The van der Waals surface area contributed by atoms with Crippen LogP contribution in [0.15, 0.2) is 17.1 Å². The molecule has 4 rings (SSSR count). The molecule has 2 aliphatic rings. The normalized spacial score (nSPS) is 24.8. The van der Waals surface area contributed by atoms with E-state index in [0.717, 1.165) is 4.90 Å². The molecule has 11 heteroatoms. The van der Waals surface area contributed by atoms with Gasteiger partial charge in [-0.3, -0.25) is 14.4 Å². The summed E-state index contributed by atoms with van der Waals surface area (Å²) >= 11 is 0. The molecule has 9 nitrogen and oxygen atoms in total. The Hall–Kier alpha value is -2.69. The summed E-state index contributed by atoms with van der Waals surface area (Å²) in [4.78, 5) is 35.6. The first-order chi connectivity index (χ1) is 14.9. The number of aryl methyl sites for hydroxylation is 1.